The number of nitrogens with one attached hydrogen (secondary N) is 1. The van der Waals surface area contributed by atoms with Crippen LogP contribution in [-0.4, -0.2) is 31.1 Å². The van der Waals surface area contributed by atoms with Gasteiger partial charge in [0.2, 0.25) is 0 Å². The molecule has 0 radical (unpaired) electrons. The predicted octanol–water partition coefficient (Wildman–Crippen LogP) is 2.67. The SMILES string of the molecule is CC(c1ccccc1C(F)(F)F)N(C)C1CNC1. The zero-order chi connectivity index (χ0) is 13.3. The van der Waals surface area contributed by atoms with Gasteiger partial charge in [-0.05, 0) is 25.6 Å². The van der Waals surface area contributed by atoms with E-state index in [4.69, 9.17) is 0 Å². The number of likely N-dealkylation sites (N-methyl/N-ethyl adjacent to an activating group) is 1. The highest BCUT2D eigenvalue weighted by Gasteiger charge is 2.36. The minimum Gasteiger partial charge on any atom is -0.314 e. The van der Waals surface area contributed by atoms with Gasteiger partial charge < -0.3 is 5.32 Å². The quantitative estimate of drug-likeness (QED) is 0.896. The molecule has 0 aliphatic carbocycles. The van der Waals surface area contributed by atoms with Crippen molar-refractivity contribution in [1.29, 1.82) is 0 Å². The molecule has 0 spiro atoms. The van der Waals surface area contributed by atoms with Gasteiger partial charge in [0.25, 0.3) is 0 Å². The van der Waals surface area contributed by atoms with Gasteiger partial charge in [-0.15, -0.1) is 0 Å². The van der Waals surface area contributed by atoms with Crippen molar-refractivity contribution in [2.75, 3.05) is 20.1 Å². The molecular weight excluding hydrogens is 241 g/mol. The fourth-order valence-electron chi connectivity index (χ4n) is 2.22. The van der Waals surface area contributed by atoms with E-state index in [9.17, 15) is 13.2 Å². The van der Waals surface area contributed by atoms with Crippen molar-refractivity contribution in [2.45, 2.75) is 25.2 Å². The van der Waals surface area contributed by atoms with Crippen LogP contribution in [-0.2, 0) is 6.18 Å². The Morgan fingerprint density at radius 3 is 2.39 bits per heavy atom. The van der Waals surface area contributed by atoms with Crippen LogP contribution in [0.15, 0.2) is 24.3 Å². The van der Waals surface area contributed by atoms with E-state index in [0.29, 0.717) is 11.6 Å². The predicted molar refractivity (Wildman–Crippen MR) is 64.3 cm³/mol. The van der Waals surface area contributed by atoms with E-state index in [1.165, 1.54) is 6.07 Å². The highest BCUT2D eigenvalue weighted by Crippen LogP contribution is 2.36. The molecule has 1 aliphatic heterocycles. The normalized spacial score (nSPS) is 18.8. The van der Waals surface area contributed by atoms with E-state index < -0.39 is 11.7 Å². The fourth-order valence-corrected chi connectivity index (χ4v) is 2.22. The number of nitrogens with zero attached hydrogens (tertiary/aromatic N) is 1. The maximum absolute atomic E-state index is 12.9. The van der Waals surface area contributed by atoms with Gasteiger partial charge in [0, 0.05) is 25.2 Å². The van der Waals surface area contributed by atoms with Gasteiger partial charge in [-0.25, -0.2) is 0 Å². The zero-order valence-electron chi connectivity index (χ0n) is 10.5. The molecule has 2 nitrogen and oxygen atoms in total. The molecule has 0 aromatic heterocycles. The Kier molecular flexibility index (Phi) is 3.64. The molecule has 2 rings (SSSR count). The Morgan fingerprint density at radius 2 is 1.89 bits per heavy atom. The van der Waals surface area contributed by atoms with Crippen LogP contribution < -0.4 is 5.32 Å². The standard InChI is InChI=1S/C13H17F3N2/c1-9(18(2)10-7-17-8-10)11-5-3-4-6-12(11)13(14,15)16/h3-6,9-10,17H,7-8H2,1-2H3. The molecular formula is C13H17F3N2. The first-order chi connectivity index (χ1) is 8.41. The zero-order valence-corrected chi connectivity index (χ0v) is 10.5. The molecule has 1 aromatic rings. The lowest BCUT2D eigenvalue weighted by molar-refractivity contribution is -0.138. The number of hydrogen-bond donors (Lipinski definition) is 1. The molecule has 18 heavy (non-hydrogen) atoms. The molecule has 1 heterocycles. The third-order valence-corrected chi connectivity index (χ3v) is 3.66. The summed E-state index contributed by atoms with van der Waals surface area (Å²) < 4.78 is 38.8. The first-order valence-corrected chi connectivity index (χ1v) is 6.00. The summed E-state index contributed by atoms with van der Waals surface area (Å²) in [5, 5.41) is 3.13. The van der Waals surface area contributed by atoms with Crippen LogP contribution in [0.4, 0.5) is 13.2 Å². The number of rotatable bonds is 3. The summed E-state index contributed by atoms with van der Waals surface area (Å²) >= 11 is 0. The average molecular weight is 258 g/mol. The van der Waals surface area contributed by atoms with Crippen LogP contribution in [0.25, 0.3) is 0 Å². The van der Waals surface area contributed by atoms with E-state index in [-0.39, 0.29) is 6.04 Å². The van der Waals surface area contributed by atoms with Crippen molar-refractivity contribution in [1.82, 2.24) is 10.2 Å². The number of hydrogen-bond acceptors (Lipinski definition) is 2. The van der Waals surface area contributed by atoms with Crippen LogP contribution in [0, 0.1) is 0 Å². The lowest BCUT2D eigenvalue weighted by Gasteiger charge is -2.40. The average Bonchev–Trinajstić information content (AvgIpc) is 2.24. The monoisotopic (exact) mass is 258 g/mol. The van der Waals surface area contributed by atoms with Crippen molar-refractivity contribution >= 4 is 0 Å². The van der Waals surface area contributed by atoms with Gasteiger partial charge in [0.05, 0.1) is 5.56 Å². The maximum Gasteiger partial charge on any atom is 0.416 e. The Labute approximate surface area is 105 Å². The summed E-state index contributed by atoms with van der Waals surface area (Å²) in [6.45, 7) is 3.51. The molecule has 1 fully saturated rings. The molecule has 1 N–H and O–H groups in total. The minimum atomic E-state index is -4.29. The Hall–Kier alpha value is -1.07. The van der Waals surface area contributed by atoms with Gasteiger partial charge in [-0.1, -0.05) is 18.2 Å². The Balaban J connectivity index is 2.26. The van der Waals surface area contributed by atoms with Crippen LogP contribution in [0.5, 0.6) is 0 Å². The number of benzene rings is 1. The van der Waals surface area contributed by atoms with Gasteiger partial charge >= 0.3 is 6.18 Å². The smallest absolute Gasteiger partial charge is 0.314 e. The second-order valence-electron chi connectivity index (χ2n) is 4.74. The fraction of sp³-hybridized carbons (Fsp3) is 0.538. The van der Waals surface area contributed by atoms with E-state index in [2.05, 4.69) is 5.32 Å². The first kappa shape index (κ1) is 13.4. The van der Waals surface area contributed by atoms with Crippen molar-refractivity contribution in [3.05, 3.63) is 35.4 Å². The van der Waals surface area contributed by atoms with Crippen LogP contribution in [0.2, 0.25) is 0 Å². The van der Waals surface area contributed by atoms with E-state index >= 15 is 0 Å². The molecule has 100 valence electrons. The summed E-state index contributed by atoms with van der Waals surface area (Å²) in [4.78, 5) is 2.00. The highest BCUT2D eigenvalue weighted by molar-refractivity contribution is 5.32. The van der Waals surface area contributed by atoms with E-state index in [1.807, 2.05) is 18.9 Å². The number of alkyl halides is 3. The molecule has 1 aromatic carbocycles. The molecule has 1 aliphatic rings. The van der Waals surface area contributed by atoms with Crippen LogP contribution in [0.3, 0.4) is 0 Å². The van der Waals surface area contributed by atoms with Crippen molar-refractivity contribution in [3.8, 4) is 0 Å². The molecule has 0 saturated carbocycles. The van der Waals surface area contributed by atoms with Crippen LogP contribution in [0.1, 0.15) is 24.1 Å². The minimum absolute atomic E-state index is 0.241. The van der Waals surface area contributed by atoms with Crippen LogP contribution >= 0.6 is 0 Å². The van der Waals surface area contributed by atoms with Gasteiger partial charge in [-0.3, -0.25) is 4.90 Å². The lowest BCUT2D eigenvalue weighted by atomic mass is 9.98. The summed E-state index contributed by atoms with van der Waals surface area (Å²) in [7, 11) is 1.88. The second kappa shape index (κ2) is 4.90. The van der Waals surface area contributed by atoms with Gasteiger partial charge in [-0.2, -0.15) is 13.2 Å². The summed E-state index contributed by atoms with van der Waals surface area (Å²) in [6.07, 6.45) is -4.29. The first-order valence-electron chi connectivity index (χ1n) is 6.00. The van der Waals surface area contributed by atoms with Crippen molar-refractivity contribution in [3.63, 3.8) is 0 Å². The number of halogens is 3. The third kappa shape index (κ3) is 2.52. The van der Waals surface area contributed by atoms with Gasteiger partial charge in [0.15, 0.2) is 0 Å². The van der Waals surface area contributed by atoms with Crippen molar-refractivity contribution < 1.29 is 13.2 Å². The maximum atomic E-state index is 12.9. The molecule has 1 saturated heterocycles. The molecule has 1 unspecified atom stereocenters. The largest absolute Gasteiger partial charge is 0.416 e. The molecule has 5 heteroatoms. The Bertz CT molecular complexity index is 413. The lowest BCUT2D eigenvalue weighted by Crippen LogP contribution is -2.56. The van der Waals surface area contributed by atoms with Gasteiger partial charge in [0.1, 0.15) is 0 Å². The summed E-state index contributed by atoms with van der Waals surface area (Å²) in [6, 6.07) is 5.89. The van der Waals surface area contributed by atoms with Crippen molar-refractivity contribution in [2.24, 2.45) is 0 Å². The van der Waals surface area contributed by atoms with E-state index in [1.54, 1.807) is 12.1 Å². The molecule has 0 bridgehead atoms. The molecule has 0 amide bonds. The third-order valence-electron chi connectivity index (χ3n) is 3.66. The topological polar surface area (TPSA) is 15.3 Å². The molecule has 1 atom stereocenters. The summed E-state index contributed by atoms with van der Waals surface area (Å²) in [5.41, 5.74) is -0.184. The second-order valence-corrected chi connectivity index (χ2v) is 4.74. The Morgan fingerprint density at radius 1 is 1.28 bits per heavy atom. The summed E-state index contributed by atoms with van der Waals surface area (Å²) in [5.74, 6) is 0. The van der Waals surface area contributed by atoms with E-state index in [0.717, 1.165) is 19.2 Å². The highest BCUT2D eigenvalue weighted by atomic mass is 19.4.